The summed E-state index contributed by atoms with van der Waals surface area (Å²) in [6, 6.07) is -0.504. The van der Waals surface area contributed by atoms with Gasteiger partial charge in [-0.15, -0.1) is 0 Å². The van der Waals surface area contributed by atoms with E-state index in [1.807, 2.05) is 20.8 Å². The molecule has 0 radical (unpaired) electrons. The first-order chi connectivity index (χ1) is 9.42. The van der Waals surface area contributed by atoms with E-state index in [9.17, 15) is 9.59 Å². The van der Waals surface area contributed by atoms with E-state index in [0.717, 1.165) is 12.8 Å². The SMILES string of the molecule is CC(C(=O)OC(C)(C)C)N1CCC(C(C)(C)C)CCC1=O. The quantitative estimate of drug-likeness (QED) is 0.734. The second-order valence-corrected chi connectivity index (χ2v) is 8.19. The molecule has 4 nitrogen and oxygen atoms in total. The molecule has 1 rings (SSSR count). The summed E-state index contributed by atoms with van der Waals surface area (Å²) in [5.74, 6) is 0.266. The van der Waals surface area contributed by atoms with Crippen LogP contribution in [0.2, 0.25) is 0 Å². The molecule has 0 aromatic rings. The van der Waals surface area contributed by atoms with Gasteiger partial charge in [0.2, 0.25) is 5.91 Å². The molecule has 1 amide bonds. The fourth-order valence-corrected chi connectivity index (χ4v) is 2.80. The van der Waals surface area contributed by atoms with E-state index in [1.54, 1.807) is 11.8 Å². The number of esters is 1. The lowest BCUT2D eigenvalue weighted by atomic mass is 9.77. The van der Waals surface area contributed by atoms with E-state index in [4.69, 9.17) is 4.74 Å². The van der Waals surface area contributed by atoms with Crippen molar-refractivity contribution in [2.75, 3.05) is 6.54 Å². The number of carbonyl (C=O) groups is 2. The average molecular weight is 297 g/mol. The summed E-state index contributed by atoms with van der Waals surface area (Å²) in [7, 11) is 0. The molecule has 0 saturated carbocycles. The Bertz CT molecular complexity index is 390. The van der Waals surface area contributed by atoms with Crippen molar-refractivity contribution in [2.24, 2.45) is 11.3 Å². The minimum atomic E-state index is -0.520. The van der Waals surface area contributed by atoms with Gasteiger partial charge in [0.05, 0.1) is 0 Å². The highest BCUT2D eigenvalue weighted by Gasteiger charge is 2.34. The number of amides is 1. The van der Waals surface area contributed by atoms with E-state index in [-0.39, 0.29) is 17.3 Å². The molecule has 0 spiro atoms. The Labute approximate surface area is 129 Å². The van der Waals surface area contributed by atoms with Crippen LogP contribution in [0, 0.1) is 11.3 Å². The van der Waals surface area contributed by atoms with E-state index < -0.39 is 11.6 Å². The van der Waals surface area contributed by atoms with E-state index in [1.165, 1.54) is 0 Å². The lowest BCUT2D eigenvalue weighted by Gasteiger charge is -2.31. The normalized spacial score (nSPS) is 22.7. The summed E-state index contributed by atoms with van der Waals surface area (Å²) in [4.78, 5) is 26.2. The first-order valence-corrected chi connectivity index (χ1v) is 7.94. The molecule has 21 heavy (non-hydrogen) atoms. The lowest BCUT2D eigenvalue weighted by molar-refractivity contribution is -0.163. The van der Waals surface area contributed by atoms with Gasteiger partial charge < -0.3 is 9.64 Å². The molecular formula is C17H31NO3. The summed E-state index contributed by atoms with van der Waals surface area (Å²) in [6.45, 7) is 14.6. The molecular weight excluding hydrogens is 266 g/mol. The van der Waals surface area contributed by atoms with Crippen LogP contribution in [-0.2, 0) is 14.3 Å². The molecule has 0 N–H and O–H groups in total. The third kappa shape index (κ3) is 5.33. The molecule has 1 heterocycles. The second kappa shape index (κ2) is 6.37. The number of nitrogens with zero attached hydrogens (tertiary/aromatic N) is 1. The van der Waals surface area contributed by atoms with Crippen LogP contribution in [0.15, 0.2) is 0 Å². The minimum Gasteiger partial charge on any atom is -0.458 e. The summed E-state index contributed by atoms with van der Waals surface area (Å²) >= 11 is 0. The summed E-state index contributed by atoms with van der Waals surface area (Å²) in [5.41, 5.74) is -0.320. The number of likely N-dealkylation sites (tertiary alicyclic amines) is 1. The van der Waals surface area contributed by atoms with Gasteiger partial charge in [0.1, 0.15) is 11.6 Å². The second-order valence-electron chi connectivity index (χ2n) is 8.19. The highest BCUT2D eigenvalue weighted by molar-refractivity contribution is 5.84. The van der Waals surface area contributed by atoms with Crippen molar-refractivity contribution in [3.8, 4) is 0 Å². The molecule has 1 saturated heterocycles. The van der Waals surface area contributed by atoms with Crippen molar-refractivity contribution >= 4 is 11.9 Å². The Morgan fingerprint density at radius 3 is 2.24 bits per heavy atom. The van der Waals surface area contributed by atoms with Crippen LogP contribution in [0.3, 0.4) is 0 Å². The maximum absolute atomic E-state index is 12.3. The Morgan fingerprint density at radius 2 is 1.76 bits per heavy atom. The largest absolute Gasteiger partial charge is 0.458 e. The van der Waals surface area contributed by atoms with Crippen molar-refractivity contribution in [2.45, 2.75) is 79.4 Å². The number of carbonyl (C=O) groups excluding carboxylic acids is 2. The average Bonchev–Trinajstić information content (AvgIpc) is 2.47. The summed E-state index contributed by atoms with van der Waals surface area (Å²) < 4.78 is 5.40. The molecule has 0 aromatic heterocycles. The zero-order valence-electron chi connectivity index (χ0n) is 14.7. The fraction of sp³-hybridized carbons (Fsp3) is 0.882. The van der Waals surface area contributed by atoms with Crippen molar-refractivity contribution < 1.29 is 14.3 Å². The Hall–Kier alpha value is -1.06. The number of rotatable bonds is 2. The van der Waals surface area contributed by atoms with E-state index >= 15 is 0 Å². The number of hydrogen-bond donors (Lipinski definition) is 0. The van der Waals surface area contributed by atoms with Gasteiger partial charge in [-0.05, 0) is 51.9 Å². The molecule has 4 heteroatoms. The van der Waals surface area contributed by atoms with Gasteiger partial charge in [0.25, 0.3) is 0 Å². The van der Waals surface area contributed by atoms with Gasteiger partial charge in [-0.2, -0.15) is 0 Å². The Kier molecular flexibility index (Phi) is 5.46. The Morgan fingerprint density at radius 1 is 1.19 bits per heavy atom. The molecule has 1 fully saturated rings. The van der Waals surface area contributed by atoms with Crippen LogP contribution >= 0.6 is 0 Å². The standard InChI is InChI=1S/C17H31NO3/c1-12(15(20)21-17(5,6)7)18-11-10-13(16(2,3)4)8-9-14(18)19/h12-13H,8-11H2,1-7H3. The van der Waals surface area contributed by atoms with Crippen molar-refractivity contribution in [1.29, 1.82) is 0 Å². The van der Waals surface area contributed by atoms with Gasteiger partial charge in [-0.3, -0.25) is 4.79 Å². The zero-order chi connectivity index (χ0) is 16.4. The predicted octanol–water partition coefficient (Wildman–Crippen LogP) is 3.39. The first-order valence-electron chi connectivity index (χ1n) is 7.94. The third-order valence-corrected chi connectivity index (χ3v) is 4.19. The lowest BCUT2D eigenvalue weighted by Crippen LogP contribution is -2.45. The smallest absolute Gasteiger partial charge is 0.329 e. The molecule has 0 aromatic carbocycles. The molecule has 2 atom stereocenters. The van der Waals surface area contributed by atoms with Crippen LogP contribution in [0.25, 0.3) is 0 Å². The van der Waals surface area contributed by atoms with Gasteiger partial charge in [-0.1, -0.05) is 20.8 Å². The molecule has 0 bridgehead atoms. The maximum Gasteiger partial charge on any atom is 0.329 e. The highest BCUT2D eigenvalue weighted by atomic mass is 16.6. The van der Waals surface area contributed by atoms with Crippen LogP contribution in [0.5, 0.6) is 0 Å². The highest BCUT2D eigenvalue weighted by Crippen LogP contribution is 2.35. The van der Waals surface area contributed by atoms with E-state index in [2.05, 4.69) is 20.8 Å². The van der Waals surface area contributed by atoms with Gasteiger partial charge in [0.15, 0.2) is 0 Å². The monoisotopic (exact) mass is 297 g/mol. The number of ether oxygens (including phenoxy) is 1. The van der Waals surface area contributed by atoms with Crippen LogP contribution < -0.4 is 0 Å². The molecule has 122 valence electrons. The Balaban J connectivity index is 2.74. The minimum absolute atomic E-state index is 0.0695. The number of hydrogen-bond acceptors (Lipinski definition) is 3. The first kappa shape index (κ1) is 18.0. The van der Waals surface area contributed by atoms with Crippen LogP contribution in [-0.4, -0.2) is 35.0 Å². The molecule has 2 unspecified atom stereocenters. The van der Waals surface area contributed by atoms with E-state index in [0.29, 0.717) is 18.9 Å². The van der Waals surface area contributed by atoms with Crippen molar-refractivity contribution in [1.82, 2.24) is 4.90 Å². The topological polar surface area (TPSA) is 46.6 Å². The maximum atomic E-state index is 12.3. The summed E-state index contributed by atoms with van der Waals surface area (Å²) in [6.07, 6.45) is 2.37. The van der Waals surface area contributed by atoms with Gasteiger partial charge in [-0.25, -0.2) is 4.79 Å². The van der Waals surface area contributed by atoms with Gasteiger partial charge in [0, 0.05) is 13.0 Å². The predicted molar refractivity (Wildman–Crippen MR) is 83.8 cm³/mol. The van der Waals surface area contributed by atoms with Crippen LogP contribution in [0.1, 0.15) is 67.7 Å². The van der Waals surface area contributed by atoms with Crippen molar-refractivity contribution in [3.63, 3.8) is 0 Å². The van der Waals surface area contributed by atoms with Crippen LogP contribution in [0.4, 0.5) is 0 Å². The van der Waals surface area contributed by atoms with Gasteiger partial charge >= 0.3 is 5.97 Å². The fourth-order valence-electron chi connectivity index (χ4n) is 2.80. The molecule has 1 aliphatic heterocycles. The zero-order valence-corrected chi connectivity index (χ0v) is 14.7. The molecule has 0 aliphatic carbocycles. The molecule has 1 aliphatic rings. The summed E-state index contributed by atoms with van der Waals surface area (Å²) in [5, 5.41) is 0. The third-order valence-electron chi connectivity index (χ3n) is 4.19. The van der Waals surface area contributed by atoms with Crippen molar-refractivity contribution in [3.05, 3.63) is 0 Å².